The number of aryl methyl sites for hydroxylation is 1. The number of benzene rings is 1. The molecule has 1 aromatic carbocycles. The summed E-state index contributed by atoms with van der Waals surface area (Å²) in [5.41, 5.74) is 2.28. The van der Waals surface area contributed by atoms with E-state index in [4.69, 9.17) is 10.00 Å². The molecule has 122 valence electrons. The number of rotatable bonds is 2. The first-order chi connectivity index (χ1) is 11.8. The van der Waals surface area contributed by atoms with E-state index in [0.717, 1.165) is 37.1 Å². The van der Waals surface area contributed by atoms with E-state index in [9.17, 15) is 4.79 Å². The Morgan fingerprint density at radius 2 is 2.25 bits per heavy atom. The maximum Gasteiger partial charge on any atom is 0.258 e. The van der Waals surface area contributed by atoms with E-state index in [1.54, 1.807) is 11.0 Å². The van der Waals surface area contributed by atoms with Crippen LogP contribution in [0.4, 0.5) is 5.95 Å². The lowest BCUT2D eigenvalue weighted by molar-refractivity contribution is -0.127. The molecule has 0 radical (unpaired) electrons. The number of carbonyl (C=O) groups is 1. The molecule has 24 heavy (non-hydrogen) atoms. The molecule has 0 saturated carbocycles. The molecule has 0 unspecified atom stereocenters. The second kappa shape index (κ2) is 6.10. The van der Waals surface area contributed by atoms with Gasteiger partial charge in [-0.15, -0.1) is 0 Å². The fraction of sp³-hybridized carbons (Fsp3) is 0.389. The molecule has 0 bridgehead atoms. The Hall–Kier alpha value is -2.65. The maximum atomic E-state index is 12.7. The van der Waals surface area contributed by atoms with E-state index in [1.165, 1.54) is 0 Å². The average molecular weight is 322 g/mol. The highest BCUT2D eigenvalue weighted by Crippen LogP contribution is 2.28. The van der Waals surface area contributed by atoms with Crippen LogP contribution in [0.25, 0.3) is 11.3 Å². The predicted molar refractivity (Wildman–Crippen MR) is 88.3 cm³/mol. The molecule has 0 spiro atoms. The van der Waals surface area contributed by atoms with Crippen molar-refractivity contribution in [2.45, 2.75) is 31.9 Å². The van der Waals surface area contributed by atoms with Gasteiger partial charge in [-0.05, 0) is 31.4 Å². The van der Waals surface area contributed by atoms with Crippen LogP contribution < -0.4 is 4.90 Å². The monoisotopic (exact) mass is 322 g/mol. The number of amides is 1. The predicted octanol–water partition coefficient (Wildman–Crippen LogP) is 2.34. The van der Waals surface area contributed by atoms with Crippen LogP contribution >= 0.6 is 0 Å². The topological polar surface area (TPSA) is 71.2 Å². The quantitative estimate of drug-likeness (QED) is 0.851. The first-order valence-corrected chi connectivity index (χ1v) is 8.27. The standard InChI is InChI=1S/C18H18N4O2/c19-11-13-4-1-5-14(10-13)15-12-21-7-3-8-22(18(21)20-15)17(23)16-6-2-9-24-16/h1,4-5,10,12,16H,2-3,6-9H2/t16-/m1/s1. The zero-order valence-electron chi connectivity index (χ0n) is 13.3. The molecule has 4 rings (SSSR count). The number of imidazole rings is 1. The number of hydrogen-bond acceptors (Lipinski definition) is 4. The average Bonchev–Trinajstić information content (AvgIpc) is 3.30. The Bertz CT molecular complexity index is 815. The largest absolute Gasteiger partial charge is 0.368 e. The first kappa shape index (κ1) is 14.9. The van der Waals surface area contributed by atoms with Gasteiger partial charge in [0.25, 0.3) is 5.91 Å². The van der Waals surface area contributed by atoms with Crippen molar-refractivity contribution in [3.8, 4) is 17.3 Å². The molecule has 1 aromatic heterocycles. The van der Waals surface area contributed by atoms with Gasteiger partial charge >= 0.3 is 0 Å². The molecule has 1 fully saturated rings. The van der Waals surface area contributed by atoms with E-state index in [1.807, 2.05) is 29.0 Å². The number of nitriles is 1. The zero-order valence-corrected chi connectivity index (χ0v) is 13.3. The fourth-order valence-electron chi connectivity index (χ4n) is 3.33. The Morgan fingerprint density at radius 3 is 3.04 bits per heavy atom. The van der Waals surface area contributed by atoms with Crippen LogP contribution in [0.2, 0.25) is 0 Å². The lowest BCUT2D eigenvalue weighted by Gasteiger charge is -2.28. The summed E-state index contributed by atoms with van der Waals surface area (Å²) in [5.74, 6) is 0.690. The van der Waals surface area contributed by atoms with Gasteiger partial charge < -0.3 is 9.30 Å². The molecule has 1 atom stereocenters. The molecule has 2 aliphatic heterocycles. The van der Waals surface area contributed by atoms with Gasteiger partial charge in [0, 0.05) is 31.5 Å². The minimum Gasteiger partial charge on any atom is -0.368 e. The summed E-state index contributed by atoms with van der Waals surface area (Å²) in [4.78, 5) is 19.1. The molecule has 6 heteroatoms. The van der Waals surface area contributed by atoms with Gasteiger partial charge in [0.05, 0.1) is 17.3 Å². The van der Waals surface area contributed by atoms with Crippen molar-refractivity contribution in [2.24, 2.45) is 0 Å². The summed E-state index contributed by atoms with van der Waals surface area (Å²) >= 11 is 0. The van der Waals surface area contributed by atoms with Gasteiger partial charge in [-0.25, -0.2) is 4.98 Å². The van der Waals surface area contributed by atoms with Crippen molar-refractivity contribution in [1.29, 1.82) is 5.26 Å². The van der Waals surface area contributed by atoms with Gasteiger partial charge in [-0.2, -0.15) is 5.26 Å². The number of aromatic nitrogens is 2. The minimum atomic E-state index is -0.335. The SMILES string of the molecule is N#Cc1cccc(-c2cn3c(n2)N(C(=O)[C@H]2CCCO2)CCC3)c1. The lowest BCUT2D eigenvalue weighted by atomic mass is 10.1. The second-order valence-corrected chi connectivity index (χ2v) is 6.16. The second-order valence-electron chi connectivity index (χ2n) is 6.16. The third-order valence-corrected chi connectivity index (χ3v) is 4.54. The molecule has 0 N–H and O–H groups in total. The van der Waals surface area contributed by atoms with E-state index < -0.39 is 0 Å². The first-order valence-electron chi connectivity index (χ1n) is 8.27. The molecule has 1 saturated heterocycles. The van der Waals surface area contributed by atoms with Crippen LogP contribution in [0.1, 0.15) is 24.8 Å². The Kier molecular flexibility index (Phi) is 3.79. The highest BCUT2D eigenvalue weighted by atomic mass is 16.5. The van der Waals surface area contributed by atoms with Crippen LogP contribution in [0.5, 0.6) is 0 Å². The molecular formula is C18H18N4O2. The van der Waals surface area contributed by atoms with E-state index in [2.05, 4.69) is 11.1 Å². The van der Waals surface area contributed by atoms with Crippen molar-refractivity contribution in [1.82, 2.24) is 9.55 Å². The minimum absolute atomic E-state index is 0.0105. The molecule has 2 aromatic rings. The van der Waals surface area contributed by atoms with Crippen molar-refractivity contribution >= 4 is 11.9 Å². The Morgan fingerprint density at radius 1 is 1.33 bits per heavy atom. The maximum absolute atomic E-state index is 12.7. The third kappa shape index (κ3) is 2.57. The van der Waals surface area contributed by atoms with Crippen molar-refractivity contribution in [2.75, 3.05) is 18.1 Å². The molecule has 3 heterocycles. The van der Waals surface area contributed by atoms with Crippen LogP contribution in [-0.4, -0.2) is 34.7 Å². The van der Waals surface area contributed by atoms with Crippen LogP contribution in [0.3, 0.4) is 0 Å². The van der Waals surface area contributed by atoms with Gasteiger partial charge in [0.1, 0.15) is 6.10 Å². The summed E-state index contributed by atoms with van der Waals surface area (Å²) < 4.78 is 7.56. The van der Waals surface area contributed by atoms with Crippen molar-refractivity contribution in [3.63, 3.8) is 0 Å². The van der Waals surface area contributed by atoms with E-state index in [-0.39, 0.29) is 12.0 Å². The number of hydrogen-bond donors (Lipinski definition) is 0. The zero-order chi connectivity index (χ0) is 16.5. The summed E-state index contributed by atoms with van der Waals surface area (Å²) in [6.45, 7) is 2.17. The van der Waals surface area contributed by atoms with E-state index >= 15 is 0 Å². The Balaban J connectivity index is 1.67. The van der Waals surface area contributed by atoms with E-state index in [0.29, 0.717) is 24.7 Å². The molecular weight excluding hydrogens is 304 g/mol. The highest BCUT2D eigenvalue weighted by molar-refractivity contribution is 5.95. The van der Waals surface area contributed by atoms with Gasteiger partial charge in [0.15, 0.2) is 0 Å². The van der Waals surface area contributed by atoms with Crippen molar-refractivity contribution in [3.05, 3.63) is 36.0 Å². The summed E-state index contributed by atoms with van der Waals surface area (Å²) in [6, 6.07) is 9.52. The van der Waals surface area contributed by atoms with Gasteiger partial charge in [-0.1, -0.05) is 12.1 Å². The van der Waals surface area contributed by atoms with Crippen molar-refractivity contribution < 1.29 is 9.53 Å². The van der Waals surface area contributed by atoms with Crippen LogP contribution in [-0.2, 0) is 16.1 Å². The smallest absolute Gasteiger partial charge is 0.258 e. The summed E-state index contributed by atoms with van der Waals surface area (Å²) in [6.07, 6.45) is 4.25. The summed E-state index contributed by atoms with van der Waals surface area (Å²) in [7, 11) is 0. The highest BCUT2D eigenvalue weighted by Gasteiger charge is 2.33. The normalized spacial score (nSPS) is 19.8. The van der Waals surface area contributed by atoms with Crippen LogP contribution in [0.15, 0.2) is 30.5 Å². The molecule has 2 aliphatic rings. The number of nitrogens with zero attached hydrogens (tertiary/aromatic N) is 4. The van der Waals surface area contributed by atoms with Gasteiger partial charge in [0.2, 0.25) is 5.95 Å². The number of carbonyl (C=O) groups excluding carboxylic acids is 1. The third-order valence-electron chi connectivity index (χ3n) is 4.54. The van der Waals surface area contributed by atoms with Crippen LogP contribution in [0, 0.1) is 11.3 Å². The molecule has 1 amide bonds. The van der Waals surface area contributed by atoms with Gasteiger partial charge in [-0.3, -0.25) is 9.69 Å². The number of fused-ring (bicyclic) bond motifs is 1. The Labute approximate surface area is 140 Å². The molecule has 6 nitrogen and oxygen atoms in total. The fourth-order valence-corrected chi connectivity index (χ4v) is 3.33. The molecule has 0 aliphatic carbocycles. The number of ether oxygens (including phenoxy) is 1. The summed E-state index contributed by atoms with van der Waals surface area (Å²) in [5, 5.41) is 9.06. The lowest BCUT2D eigenvalue weighted by Crippen LogP contribution is -2.43. The number of anilines is 1.